The molecule has 0 bridgehead atoms. The van der Waals surface area contributed by atoms with Crippen LogP contribution < -0.4 is 0 Å². The Morgan fingerprint density at radius 3 is 2.64 bits per heavy atom. The van der Waals surface area contributed by atoms with Crippen molar-refractivity contribution in [3.8, 4) is 6.07 Å². The number of benzene rings is 1. The van der Waals surface area contributed by atoms with Gasteiger partial charge in [-0.3, -0.25) is 0 Å². The quantitative estimate of drug-likeness (QED) is 0.651. The van der Waals surface area contributed by atoms with Crippen molar-refractivity contribution in [2.75, 3.05) is 0 Å². The summed E-state index contributed by atoms with van der Waals surface area (Å²) in [5.41, 5.74) is 0.771. The maximum absolute atomic E-state index is 13.0. The van der Waals surface area contributed by atoms with E-state index in [9.17, 15) is 4.39 Å². The zero-order valence-corrected chi connectivity index (χ0v) is 7.44. The molecule has 1 aromatic carbocycles. The summed E-state index contributed by atoms with van der Waals surface area (Å²) in [5, 5.41) is 8.51. The van der Waals surface area contributed by atoms with E-state index >= 15 is 0 Å². The van der Waals surface area contributed by atoms with Gasteiger partial charge < -0.3 is 0 Å². The van der Waals surface area contributed by atoms with E-state index in [4.69, 9.17) is 5.26 Å². The Balaban J connectivity index is 3.44. The first kappa shape index (κ1) is 8.22. The number of nitrogens with zero attached hydrogens (tertiary/aromatic N) is 1. The van der Waals surface area contributed by atoms with Crippen molar-refractivity contribution in [1.29, 1.82) is 5.26 Å². The molecular formula is C8H5BrFN. The fraction of sp³-hybridized carbons (Fsp3) is 0.125. The van der Waals surface area contributed by atoms with Crippen LogP contribution in [0.1, 0.15) is 11.1 Å². The molecule has 0 fully saturated rings. The van der Waals surface area contributed by atoms with E-state index in [0.29, 0.717) is 10.0 Å². The molecular weight excluding hydrogens is 209 g/mol. The van der Waals surface area contributed by atoms with Gasteiger partial charge in [0.2, 0.25) is 0 Å². The zero-order valence-electron chi connectivity index (χ0n) is 5.86. The molecule has 56 valence electrons. The monoisotopic (exact) mass is 213 g/mol. The van der Waals surface area contributed by atoms with E-state index in [1.165, 1.54) is 0 Å². The molecule has 0 saturated carbocycles. The van der Waals surface area contributed by atoms with Crippen LogP contribution in [-0.2, 0) is 0 Å². The van der Waals surface area contributed by atoms with Gasteiger partial charge in [0.15, 0.2) is 5.82 Å². The number of rotatable bonds is 0. The fourth-order valence-electron chi connectivity index (χ4n) is 0.784. The van der Waals surface area contributed by atoms with E-state index in [2.05, 4.69) is 15.9 Å². The van der Waals surface area contributed by atoms with E-state index in [1.54, 1.807) is 25.1 Å². The maximum Gasteiger partial charge on any atom is 0.155 e. The van der Waals surface area contributed by atoms with Crippen LogP contribution in [0.15, 0.2) is 16.6 Å². The average Bonchev–Trinajstić information content (AvgIpc) is 1.99. The molecule has 0 spiro atoms. The second-order valence-corrected chi connectivity index (χ2v) is 3.02. The molecule has 1 aromatic rings. The second-order valence-electron chi connectivity index (χ2n) is 2.17. The summed E-state index contributed by atoms with van der Waals surface area (Å²) < 4.78 is 13.3. The van der Waals surface area contributed by atoms with Gasteiger partial charge in [-0.25, -0.2) is 4.39 Å². The predicted molar refractivity (Wildman–Crippen MR) is 43.6 cm³/mol. The molecule has 0 aliphatic carbocycles. The van der Waals surface area contributed by atoms with Crippen molar-refractivity contribution in [3.63, 3.8) is 0 Å². The second kappa shape index (κ2) is 3.02. The standard InChI is InChI=1S/C8H5BrFN/c1-5-2-3-7(9)8(10)6(5)4-11/h2-3H,1H3. The number of hydrogen-bond acceptors (Lipinski definition) is 1. The van der Waals surface area contributed by atoms with Crippen molar-refractivity contribution < 1.29 is 4.39 Å². The average molecular weight is 214 g/mol. The Labute approximate surface area is 72.6 Å². The molecule has 11 heavy (non-hydrogen) atoms. The third kappa shape index (κ3) is 1.41. The SMILES string of the molecule is Cc1ccc(Br)c(F)c1C#N. The largest absolute Gasteiger partial charge is 0.204 e. The molecule has 0 amide bonds. The predicted octanol–water partition coefficient (Wildman–Crippen LogP) is 2.77. The number of aryl methyl sites for hydroxylation is 1. The molecule has 0 aliphatic rings. The van der Waals surface area contributed by atoms with Crippen LogP contribution in [0.3, 0.4) is 0 Å². The first-order chi connectivity index (χ1) is 5.16. The summed E-state index contributed by atoms with van der Waals surface area (Å²) >= 11 is 2.99. The normalized spacial score (nSPS) is 9.27. The van der Waals surface area contributed by atoms with Crippen LogP contribution in [0, 0.1) is 24.1 Å². The van der Waals surface area contributed by atoms with Gasteiger partial charge in [0.05, 0.1) is 10.0 Å². The van der Waals surface area contributed by atoms with Gasteiger partial charge in [0.1, 0.15) is 6.07 Å². The van der Waals surface area contributed by atoms with E-state index in [0.717, 1.165) is 0 Å². The number of hydrogen-bond donors (Lipinski definition) is 0. The Morgan fingerprint density at radius 2 is 2.18 bits per heavy atom. The van der Waals surface area contributed by atoms with Gasteiger partial charge in [-0.2, -0.15) is 5.26 Å². The van der Waals surface area contributed by atoms with Crippen LogP contribution in [0.5, 0.6) is 0 Å². The minimum atomic E-state index is -0.479. The van der Waals surface area contributed by atoms with E-state index in [1.807, 2.05) is 0 Å². The molecule has 3 heteroatoms. The molecule has 0 N–H and O–H groups in total. The van der Waals surface area contributed by atoms with Crippen LogP contribution in [-0.4, -0.2) is 0 Å². The molecule has 1 nitrogen and oxygen atoms in total. The third-order valence-corrected chi connectivity index (χ3v) is 2.03. The van der Waals surface area contributed by atoms with Crippen molar-refractivity contribution in [1.82, 2.24) is 0 Å². The molecule has 0 aliphatic heterocycles. The highest BCUT2D eigenvalue weighted by Gasteiger charge is 2.07. The maximum atomic E-state index is 13.0. The Morgan fingerprint density at radius 1 is 1.55 bits per heavy atom. The lowest BCUT2D eigenvalue weighted by Crippen LogP contribution is -1.88. The summed E-state index contributed by atoms with van der Waals surface area (Å²) in [6.45, 7) is 1.70. The highest BCUT2D eigenvalue weighted by Crippen LogP contribution is 2.20. The molecule has 0 atom stereocenters. The summed E-state index contributed by atoms with van der Waals surface area (Å²) in [5.74, 6) is -0.479. The van der Waals surface area contributed by atoms with Crippen LogP contribution in [0.4, 0.5) is 4.39 Å². The minimum Gasteiger partial charge on any atom is -0.204 e. The Kier molecular flexibility index (Phi) is 2.25. The van der Waals surface area contributed by atoms with Gasteiger partial charge >= 0.3 is 0 Å². The van der Waals surface area contributed by atoms with Gasteiger partial charge in [-0.1, -0.05) is 6.07 Å². The van der Waals surface area contributed by atoms with Crippen LogP contribution in [0.2, 0.25) is 0 Å². The Bertz CT molecular complexity index is 328. The van der Waals surface area contributed by atoms with Gasteiger partial charge in [0, 0.05) is 0 Å². The van der Waals surface area contributed by atoms with E-state index < -0.39 is 5.82 Å². The van der Waals surface area contributed by atoms with Crippen molar-refractivity contribution in [3.05, 3.63) is 33.5 Å². The molecule has 0 radical (unpaired) electrons. The van der Waals surface area contributed by atoms with Gasteiger partial charge in [-0.15, -0.1) is 0 Å². The molecule has 0 unspecified atom stereocenters. The topological polar surface area (TPSA) is 23.8 Å². The smallest absolute Gasteiger partial charge is 0.155 e. The number of nitriles is 1. The summed E-state index contributed by atoms with van der Waals surface area (Å²) in [4.78, 5) is 0. The highest BCUT2D eigenvalue weighted by molar-refractivity contribution is 9.10. The lowest BCUT2D eigenvalue weighted by Gasteiger charge is -1.99. The molecule has 0 heterocycles. The molecule has 1 rings (SSSR count). The van der Waals surface area contributed by atoms with Crippen molar-refractivity contribution in [2.24, 2.45) is 0 Å². The first-order valence-electron chi connectivity index (χ1n) is 3.01. The summed E-state index contributed by atoms with van der Waals surface area (Å²) in [6, 6.07) is 5.09. The summed E-state index contributed by atoms with van der Waals surface area (Å²) in [7, 11) is 0. The highest BCUT2D eigenvalue weighted by atomic mass is 79.9. The third-order valence-electron chi connectivity index (χ3n) is 1.41. The summed E-state index contributed by atoms with van der Waals surface area (Å²) in [6.07, 6.45) is 0. The molecule has 0 aromatic heterocycles. The lowest BCUT2D eigenvalue weighted by molar-refractivity contribution is 0.616. The lowest BCUT2D eigenvalue weighted by atomic mass is 10.1. The van der Waals surface area contributed by atoms with Crippen LogP contribution in [0.25, 0.3) is 0 Å². The first-order valence-corrected chi connectivity index (χ1v) is 3.81. The van der Waals surface area contributed by atoms with E-state index in [-0.39, 0.29) is 5.56 Å². The van der Waals surface area contributed by atoms with Crippen molar-refractivity contribution in [2.45, 2.75) is 6.92 Å². The Hall–Kier alpha value is -0.880. The minimum absolute atomic E-state index is 0.111. The van der Waals surface area contributed by atoms with Crippen LogP contribution >= 0.6 is 15.9 Å². The van der Waals surface area contributed by atoms with Gasteiger partial charge in [-0.05, 0) is 34.5 Å². The number of halogens is 2. The zero-order chi connectivity index (χ0) is 8.43. The van der Waals surface area contributed by atoms with Gasteiger partial charge in [0.25, 0.3) is 0 Å². The van der Waals surface area contributed by atoms with Crippen molar-refractivity contribution >= 4 is 15.9 Å². The fourth-order valence-corrected chi connectivity index (χ4v) is 1.11. The molecule has 0 saturated heterocycles.